The zero-order valence-corrected chi connectivity index (χ0v) is 13.2. The van der Waals surface area contributed by atoms with Crippen molar-refractivity contribution in [3.63, 3.8) is 0 Å². The fraction of sp³-hybridized carbons (Fsp3) is 0.412. The van der Waals surface area contributed by atoms with Crippen LogP contribution in [-0.2, 0) is 4.74 Å². The smallest absolute Gasteiger partial charge is 0.341 e. The van der Waals surface area contributed by atoms with E-state index in [0.717, 1.165) is 25.1 Å². The van der Waals surface area contributed by atoms with Gasteiger partial charge in [-0.3, -0.25) is 4.79 Å². The molecule has 1 aliphatic heterocycles. The SMILES string of the molecule is O=C(O)c1cn(C2CC2)c2c(F)c(C3CNCCO3)c(F)cc2c1=O. The monoisotopic (exact) mass is 350 g/mol. The van der Waals surface area contributed by atoms with Crippen molar-refractivity contribution in [3.8, 4) is 0 Å². The van der Waals surface area contributed by atoms with E-state index >= 15 is 4.39 Å². The van der Waals surface area contributed by atoms with E-state index in [-0.39, 0.29) is 29.1 Å². The van der Waals surface area contributed by atoms with E-state index in [1.54, 1.807) is 0 Å². The zero-order valence-electron chi connectivity index (χ0n) is 13.2. The summed E-state index contributed by atoms with van der Waals surface area (Å²) < 4.78 is 36.7. The minimum Gasteiger partial charge on any atom is -0.477 e. The highest BCUT2D eigenvalue weighted by atomic mass is 19.1. The molecule has 1 atom stereocenters. The van der Waals surface area contributed by atoms with Crippen molar-refractivity contribution in [1.82, 2.24) is 9.88 Å². The number of benzene rings is 1. The van der Waals surface area contributed by atoms with Crippen molar-refractivity contribution in [2.75, 3.05) is 19.7 Å². The number of carboxylic acid groups (broad SMARTS) is 1. The summed E-state index contributed by atoms with van der Waals surface area (Å²) in [4.78, 5) is 23.7. The summed E-state index contributed by atoms with van der Waals surface area (Å²) in [7, 11) is 0. The minimum atomic E-state index is -1.41. The molecule has 1 aromatic carbocycles. The van der Waals surface area contributed by atoms with Crippen LogP contribution in [0.1, 0.15) is 40.9 Å². The summed E-state index contributed by atoms with van der Waals surface area (Å²) in [6.45, 7) is 1.19. The van der Waals surface area contributed by atoms with E-state index in [2.05, 4.69) is 5.32 Å². The number of ether oxygens (including phenoxy) is 1. The molecule has 4 rings (SSSR count). The van der Waals surface area contributed by atoms with Gasteiger partial charge in [-0.05, 0) is 18.9 Å². The standard InChI is InChI=1S/C17H16F2N2O4/c18-11-5-9-15(14(19)13(11)12-6-20-3-4-25-12)21(8-1-2-8)7-10(16(9)22)17(23)24/h5,7-8,12,20H,1-4,6H2,(H,23,24). The number of halogens is 2. The van der Waals surface area contributed by atoms with Crippen molar-refractivity contribution < 1.29 is 23.4 Å². The molecule has 2 N–H and O–H groups in total. The van der Waals surface area contributed by atoms with Crippen LogP contribution in [-0.4, -0.2) is 35.3 Å². The number of hydrogen-bond donors (Lipinski definition) is 2. The predicted octanol–water partition coefficient (Wildman–Crippen LogP) is 1.97. The van der Waals surface area contributed by atoms with Crippen molar-refractivity contribution in [2.45, 2.75) is 25.0 Å². The number of nitrogens with one attached hydrogen (secondary N) is 1. The second kappa shape index (κ2) is 5.89. The van der Waals surface area contributed by atoms with Gasteiger partial charge in [-0.2, -0.15) is 0 Å². The average molecular weight is 350 g/mol. The lowest BCUT2D eigenvalue weighted by atomic mass is 10.0. The van der Waals surface area contributed by atoms with Gasteiger partial charge >= 0.3 is 5.97 Å². The number of fused-ring (bicyclic) bond motifs is 1. The van der Waals surface area contributed by atoms with E-state index < -0.39 is 34.7 Å². The molecule has 2 fully saturated rings. The first-order valence-electron chi connectivity index (χ1n) is 8.11. The molecular weight excluding hydrogens is 334 g/mol. The second-order valence-electron chi connectivity index (χ2n) is 6.36. The quantitative estimate of drug-likeness (QED) is 0.885. The lowest BCUT2D eigenvalue weighted by Gasteiger charge is -2.25. The first-order chi connectivity index (χ1) is 12.0. The Hall–Kier alpha value is -2.32. The Bertz CT molecular complexity index is 931. The molecule has 1 aliphatic carbocycles. The summed E-state index contributed by atoms with van der Waals surface area (Å²) in [6, 6.07) is 0.846. The van der Waals surface area contributed by atoms with Gasteiger partial charge in [-0.15, -0.1) is 0 Å². The van der Waals surface area contributed by atoms with Crippen LogP contribution < -0.4 is 10.7 Å². The van der Waals surface area contributed by atoms with Gasteiger partial charge in [-0.1, -0.05) is 0 Å². The topological polar surface area (TPSA) is 80.6 Å². The number of nitrogens with zero attached hydrogens (tertiary/aromatic N) is 1. The molecule has 25 heavy (non-hydrogen) atoms. The van der Waals surface area contributed by atoms with E-state index in [9.17, 15) is 19.1 Å². The molecule has 0 bridgehead atoms. The normalized spacial score (nSPS) is 20.8. The van der Waals surface area contributed by atoms with E-state index in [4.69, 9.17) is 4.74 Å². The predicted molar refractivity (Wildman–Crippen MR) is 84.9 cm³/mol. The number of carbonyl (C=O) groups is 1. The lowest BCUT2D eigenvalue weighted by Crippen LogP contribution is -2.34. The number of carboxylic acids is 1. The molecule has 1 saturated heterocycles. The first kappa shape index (κ1) is 16.2. The highest BCUT2D eigenvalue weighted by Gasteiger charge is 2.32. The molecule has 0 amide bonds. The highest BCUT2D eigenvalue weighted by molar-refractivity contribution is 5.93. The minimum absolute atomic E-state index is 0.0527. The maximum absolute atomic E-state index is 15.2. The molecule has 0 radical (unpaired) electrons. The number of aromatic nitrogens is 1. The van der Waals surface area contributed by atoms with Crippen LogP contribution in [0.3, 0.4) is 0 Å². The molecule has 1 unspecified atom stereocenters. The number of morpholine rings is 1. The third kappa shape index (κ3) is 2.61. The average Bonchev–Trinajstić information content (AvgIpc) is 3.41. The molecular formula is C17H16F2N2O4. The Morgan fingerprint density at radius 2 is 2.12 bits per heavy atom. The van der Waals surface area contributed by atoms with E-state index in [0.29, 0.717) is 13.2 Å². The van der Waals surface area contributed by atoms with Crippen LogP contribution in [0.5, 0.6) is 0 Å². The van der Waals surface area contributed by atoms with Crippen molar-refractivity contribution in [1.29, 1.82) is 0 Å². The molecule has 2 aliphatic rings. The van der Waals surface area contributed by atoms with E-state index in [1.165, 1.54) is 4.57 Å². The molecule has 2 heterocycles. The molecule has 6 nitrogen and oxygen atoms in total. The third-order valence-electron chi connectivity index (χ3n) is 4.66. The fourth-order valence-corrected chi connectivity index (χ4v) is 3.30. The summed E-state index contributed by atoms with van der Waals surface area (Å²) >= 11 is 0. The van der Waals surface area contributed by atoms with Crippen LogP contribution in [0.4, 0.5) is 8.78 Å². The van der Waals surface area contributed by atoms with Crippen LogP contribution in [0.15, 0.2) is 17.1 Å². The zero-order chi connectivity index (χ0) is 17.7. The van der Waals surface area contributed by atoms with Crippen LogP contribution in [0.2, 0.25) is 0 Å². The Kier molecular flexibility index (Phi) is 3.81. The van der Waals surface area contributed by atoms with Crippen LogP contribution in [0, 0.1) is 11.6 Å². The highest BCUT2D eigenvalue weighted by Crippen LogP contribution is 2.39. The number of pyridine rings is 1. The van der Waals surface area contributed by atoms with Crippen molar-refractivity contribution in [3.05, 3.63) is 45.2 Å². The molecule has 132 valence electrons. The Morgan fingerprint density at radius 3 is 2.72 bits per heavy atom. The third-order valence-corrected chi connectivity index (χ3v) is 4.66. The lowest BCUT2D eigenvalue weighted by molar-refractivity contribution is 0.0233. The summed E-state index contributed by atoms with van der Waals surface area (Å²) in [5, 5.41) is 12.0. The van der Waals surface area contributed by atoms with E-state index in [1.807, 2.05) is 0 Å². The van der Waals surface area contributed by atoms with Crippen molar-refractivity contribution >= 4 is 16.9 Å². The summed E-state index contributed by atoms with van der Waals surface area (Å²) in [5.41, 5.74) is -1.65. The molecule has 0 spiro atoms. The second-order valence-corrected chi connectivity index (χ2v) is 6.36. The van der Waals surface area contributed by atoms with Gasteiger partial charge in [0.15, 0.2) is 5.82 Å². The van der Waals surface area contributed by atoms with Gasteiger partial charge in [0.25, 0.3) is 0 Å². The summed E-state index contributed by atoms with van der Waals surface area (Å²) in [5.74, 6) is -3.17. The van der Waals surface area contributed by atoms with Gasteiger partial charge in [0, 0.05) is 25.3 Å². The van der Waals surface area contributed by atoms with Gasteiger partial charge in [0.2, 0.25) is 5.43 Å². The Labute approximate surface area is 141 Å². The van der Waals surface area contributed by atoms with Crippen LogP contribution >= 0.6 is 0 Å². The number of rotatable bonds is 3. The van der Waals surface area contributed by atoms with Gasteiger partial charge < -0.3 is 19.7 Å². The van der Waals surface area contributed by atoms with Gasteiger partial charge in [0.05, 0.1) is 23.1 Å². The maximum atomic E-state index is 15.2. The Balaban J connectivity index is 2.02. The first-order valence-corrected chi connectivity index (χ1v) is 8.11. The molecule has 1 aromatic heterocycles. The number of hydrogen-bond acceptors (Lipinski definition) is 4. The fourth-order valence-electron chi connectivity index (χ4n) is 3.30. The number of aromatic carboxylic acids is 1. The molecule has 8 heteroatoms. The van der Waals surface area contributed by atoms with Gasteiger partial charge in [-0.25, -0.2) is 13.6 Å². The maximum Gasteiger partial charge on any atom is 0.341 e. The Morgan fingerprint density at radius 1 is 1.36 bits per heavy atom. The van der Waals surface area contributed by atoms with Crippen molar-refractivity contribution in [2.24, 2.45) is 0 Å². The largest absolute Gasteiger partial charge is 0.477 e. The van der Waals surface area contributed by atoms with Crippen LogP contribution in [0.25, 0.3) is 10.9 Å². The van der Waals surface area contributed by atoms with Gasteiger partial charge in [0.1, 0.15) is 17.5 Å². The molecule has 2 aromatic rings. The summed E-state index contributed by atoms with van der Waals surface area (Å²) in [6.07, 6.45) is 1.88. The molecule has 1 saturated carbocycles.